The average Bonchev–Trinajstić information content (AvgIpc) is 3.17. The number of piperidine rings is 1. The van der Waals surface area contributed by atoms with Crippen molar-refractivity contribution in [1.82, 2.24) is 19.9 Å². The predicted octanol–water partition coefficient (Wildman–Crippen LogP) is 4.16. The Labute approximate surface area is 186 Å². The molecule has 1 unspecified atom stereocenters. The number of carbonyl (C=O) groups is 2. The van der Waals surface area contributed by atoms with Crippen LogP contribution in [-0.4, -0.2) is 44.8 Å². The van der Waals surface area contributed by atoms with Crippen LogP contribution in [0.1, 0.15) is 28.2 Å². The number of aryl methyl sites for hydroxylation is 1. The van der Waals surface area contributed by atoms with E-state index in [0.29, 0.717) is 29.5 Å². The maximum Gasteiger partial charge on any atom is 0.265 e. The number of hydrogen-bond donors (Lipinski definition) is 1. The number of nitrogens with zero attached hydrogens (tertiary/aromatic N) is 4. The molecule has 9 heteroatoms. The van der Waals surface area contributed by atoms with Crippen molar-refractivity contribution in [1.29, 1.82) is 0 Å². The summed E-state index contributed by atoms with van der Waals surface area (Å²) in [6.07, 6.45) is 4.87. The SMILES string of the molecule is Cc1nc(-c2ccccn2)sc1C(=O)N1CCCC(C(=O)Nc2ccc(Br)cn2)C1. The largest absolute Gasteiger partial charge is 0.337 e. The third-order valence-corrected chi connectivity index (χ3v) is 6.57. The van der Waals surface area contributed by atoms with Crippen LogP contribution in [0.3, 0.4) is 0 Å². The van der Waals surface area contributed by atoms with Gasteiger partial charge in [0.1, 0.15) is 15.7 Å². The lowest BCUT2D eigenvalue weighted by molar-refractivity contribution is -0.121. The summed E-state index contributed by atoms with van der Waals surface area (Å²) < 4.78 is 0.847. The van der Waals surface area contributed by atoms with Gasteiger partial charge in [0, 0.05) is 30.0 Å². The molecule has 7 nitrogen and oxygen atoms in total. The van der Waals surface area contributed by atoms with Gasteiger partial charge in [-0.2, -0.15) is 0 Å². The highest BCUT2D eigenvalue weighted by Gasteiger charge is 2.31. The van der Waals surface area contributed by atoms with Crippen molar-refractivity contribution in [2.75, 3.05) is 18.4 Å². The molecule has 0 bridgehead atoms. The van der Waals surface area contributed by atoms with E-state index in [0.717, 1.165) is 28.0 Å². The maximum absolute atomic E-state index is 13.2. The van der Waals surface area contributed by atoms with Crippen LogP contribution in [-0.2, 0) is 4.79 Å². The predicted molar refractivity (Wildman–Crippen MR) is 119 cm³/mol. The second-order valence-corrected chi connectivity index (χ2v) is 9.00. The van der Waals surface area contributed by atoms with E-state index in [2.05, 4.69) is 36.2 Å². The van der Waals surface area contributed by atoms with Crippen LogP contribution in [0.2, 0.25) is 0 Å². The zero-order valence-electron chi connectivity index (χ0n) is 16.3. The first-order valence-corrected chi connectivity index (χ1v) is 11.2. The molecule has 2 amide bonds. The summed E-state index contributed by atoms with van der Waals surface area (Å²) >= 11 is 4.68. The Bertz CT molecular complexity index is 1060. The van der Waals surface area contributed by atoms with Crippen LogP contribution in [0.5, 0.6) is 0 Å². The summed E-state index contributed by atoms with van der Waals surface area (Å²) in [6, 6.07) is 9.19. The number of anilines is 1. The summed E-state index contributed by atoms with van der Waals surface area (Å²) in [5, 5.41) is 3.57. The number of thiazole rings is 1. The molecule has 1 atom stereocenters. The van der Waals surface area contributed by atoms with Crippen molar-refractivity contribution in [2.24, 2.45) is 5.92 Å². The maximum atomic E-state index is 13.2. The Balaban J connectivity index is 1.45. The van der Waals surface area contributed by atoms with Crippen molar-refractivity contribution in [3.05, 3.63) is 57.8 Å². The molecule has 1 fully saturated rings. The van der Waals surface area contributed by atoms with E-state index < -0.39 is 0 Å². The van der Waals surface area contributed by atoms with Crippen molar-refractivity contribution in [3.63, 3.8) is 0 Å². The first-order chi connectivity index (χ1) is 14.5. The number of aromatic nitrogens is 3. The fourth-order valence-corrected chi connectivity index (χ4v) is 4.64. The fraction of sp³-hybridized carbons (Fsp3) is 0.286. The van der Waals surface area contributed by atoms with Crippen LogP contribution >= 0.6 is 27.3 Å². The number of amides is 2. The van der Waals surface area contributed by atoms with Gasteiger partial charge in [0.25, 0.3) is 5.91 Å². The number of likely N-dealkylation sites (tertiary alicyclic amines) is 1. The third kappa shape index (κ3) is 4.57. The van der Waals surface area contributed by atoms with Crippen LogP contribution in [0.4, 0.5) is 5.82 Å². The van der Waals surface area contributed by atoms with Crippen molar-refractivity contribution in [3.8, 4) is 10.7 Å². The van der Waals surface area contributed by atoms with Gasteiger partial charge in [0.15, 0.2) is 0 Å². The van der Waals surface area contributed by atoms with E-state index >= 15 is 0 Å². The van der Waals surface area contributed by atoms with Gasteiger partial charge >= 0.3 is 0 Å². The van der Waals surface area contributed by atoms with Gasteiger partial charge in [-0.3, -0.25) is 14.6 Å². The van der Waals surface area contributed by atoms with Gasteiger partial charge < -0.3 is 10.2 Å². The van der Waals surface area contributed by atoms with Gasteiger partial charge in [0.2, 0.25) is 5.91 Å². The fourth-order valence-electron chi connectivity index (χ4n) is 3.39. The average molecular weight is 486 g/mol. The van der Waals surface area contributed by atoms with Crippen LogP contribution in [0, 0.1) is 12.8 Å². The van der Waals surface area contributed by atoms with Crippen molar-refractivity contribution >= 4 is 44.9 Å². The molecule has 3 aromatic rings. The smallest absolute Gasteiger partial charge is 0.265 e. The lowest BCUT2D eigenvalue weighted by Crippen LogP contribution is -2.43. The zero-order valence-corrected chi connectivity index (χ0v) is 18.7. The number of nitrogens with one attached hydrogen (secondary N) is 1. The molecule has 4 heterocycles. The van der Waals surface area contributed by atoms with Gasteiger partial charge in [0.05, 0.1) is 17.3 Å². The monoisotopic (exact) mass is 485 g/mol. The topological polar surface area (TPSA) is 88.1 Å². The number of hydrogen-bond acceptors (Lipinski definition) is 6. The first-order valence-electron chi connectivity index (χ1n) is 9.62. The second-order valence-electron chi connectivity index (χ2n) is 7.09. The normalized spacial score (nSPS) is 16.3. The molecule has 0 spiro atoms. The Morgan fingerprint density at radius 2 is 2.10 bits per heavy atom. The molecular weight excluding hydrogens is 466 g/mol. The van der Waals surface area contributed by atoms with Gasteiger partial charge in [-0.15, -0.1) is 11.3 Å². The molecule has 3 aromatic heterocycles. The van der Waals surface area contributed by atoms with E-state index in [4.69, 9.17) is 0 Å². The number of rotatable bonds is 4. The highest BCUT2D eigenvalue weighted by Crippen LogP contribution is 2.29. The minimum absolute atomic E-state index is 0.0774. The van der Waals surface area contributed by atoms with Gasteiger partial charge in [-0.25, -0.2) is 9.97 Å². The molecule has 0 aliphatic carbocycles. The molecular formula is C21H20BrN5O2S. The molecule has 30 heavy (non-hydrogen) atoms. The molecule has 1 N–H and O–H groups in total. The summed E-state index contributed by atoms with van der Waals surface area (Å²) in [5.41, 5.74) is 1.44. The van der Waals surface area contributed by atoms with Gasteiger partial charge in [-0.05, 0) is 60.0 Å². The van der Waals surface area contributed by atoms with Crippen LogP contribution < -0.4 is 5.32 Å². The third-order valence-electron chi connectivity index (χ3n) is 4.93. The number of carbonyl (C=O) groups excluding carboxylic acids is 2. The molecule has 0 radical (unpaired) electrons. The van der Waals surface area contributed by atoms with E-state index in [1.807, 2.05) is 31.2 Å². The Morgan fingerprint density at radius 1 is 1.23 bits per heavy atom. The molecule has 4 rings (SSSR count). The molecule has 0 aromatic carbocycles. The minimum atomic E-state index is -0.267. The van der Waals surface area contributed by atoms with E-state index in [1.165, 1.54) is 11.3 Å². The van der Waals surface area contributed by atoms with Crippen LogP contribution in [0.15, 0.2) is 47.2 Å². The quantitative estimate of drug-likeness (QED) is 0.599. The highest BCUT2D eigenvalue weighted by atomic mass is 79.9. The lowest BCUT2D eigenvalue weighted by atomic mass is 9.97. The van der Waals surface area contributed by atoms with E-state index in [-0.39, 0.29) is 17.7 Å². The summed E-state index contributed by atoms with van der Waals surface area (Å²) in [4.78, 5) is 41.2. The highest BCUT2D eigenvalue weighted by molar-refractivity contribution is 9.10. The zero-order chi connectivity index (χ0) is 21.1. The Morgan fingerprint density at radius 3 is 2.83 bits per heavy atom. The van der Waals surface area contributed by atoms with Crippen LogP contribution in [0.25, 0.3) is 10.7 Å². The Hall–Kier alpha value is -2.65. The second kappa shape index (κ2) is 9.01. The van der Waals surface area contributed by atoms with Crippen molar-refractivity contribution < 1.29 is 9.59 Å². The summed E-state index contributed by atoms with van der Waals surface area (Å²) in [6.45, 7) is 2.86. The summed E-state index contributed by atoms with van der Waals surface area (Å²) in [7, 11) is 0. The molecule has 154 valence electrons. The number of pyridine rings is 2. The molecule has 1 aliphatic rings. The molecule has 1 saturated heterocycles. The first kappa shape index (κ1) is 20.6. The standard InChI is InChI=1S/C21H20BrN5O2S/c1-13-18(30-20(25-13)16-6-2-3-9-23-16)21(29)27-10-4-5-14(12-27)19(28)26-17-8-7-15(22)11-24-17/h2-3,6-9,11,14H,4-5,10,12H2,1H3,(H,24,26,28). The van der Waals surface area contributed by atoms with E-state index in [1.54, 1.807) is 23.4 Å². The molecule has 0 saturated carbocycles. The number of halogens is 1. The minimum Gasteiger partial charge on any atom is -0.337 e. The molecule has 1 aliphatic heterocycles. The van der Waals surface area contributed by atoms with Crippen molar-refractivity contribution in [2.45, 2.75) is 19.8 Å². The van der Waals surface area contributed by atoms with Gasteiger partial charge in [-0.1, -0.05) is 6.07 Å². The summed E-state index contributed by atoms with van der Waals surface area (Å²) in [5.74, 6) is 0.0468. The Kier molecular flexibility index (Phi) is 6.19. The van der Waals surface area contributed by atoms with E-state index in [9.17, 15) is 9.59 Å². The lowest BCUT2D eigenvalue weighted by Gasteiger charge is -2.31.